The summed E-state index contributed by atoms with van der Waals surface area (Å²) in [6.07, 6.45) is 3.84. The molecule has 17 heavy (non-hydrogen) atoms. The number of hydrogen-bond donors (Lipinski definition) is 1. The van der Waals surface area contributed by atoms with Gasteiger partial charge in [0, 0.05) is 6.54 Å². The quantitative estimate of drug-likeness (QED) is 0.931. The maximum absolute atomic E-state index is 9.71. The van der Waals surface area contributed by atoms with Gasteiger partial charge in [-0.3, -0.25) is 4.68 Å². The third-order valence-electron chi connectivity index (χ3n) is 3.86. The lowest BCUT2D eigenvalue weighted by molar-refractivity contribution is 0.163. The summed E-state index contributed by atoms with van der Waals surface area (Å²) in [5.41, 5.74) is 2.56. The van der Waals surface area contributed by atoms with Crippen LogP contribution in [-0.2, 0) is 13.0 Å². The molecule has 0 bridgehead atoms. The molecule has 4 heteroatoms. The molecular formula is C13H21BrN2O. The first-order chi connectivity index (χ1) is 7.95. The molecule has 1 N–H and O–H groups in total. The topological polar surface area (TPSA) is 38.0 Å². The fourth-order valence-electron chi connectivity index (χ4n) is 2.89. The third-order valence-corrected chi connectivity index (χ3v) is 4.89. The first kappa shape index (κ1) is 13.1. The van der Waals surface area contributed by atoms with Crippen molar-refractivity contribution < 1.29 is 5.11 Å². The van der Waals surface area contributed by atoms with Crippen molar-refractivity contribution in [2.24, 2.45) is 5.41 Å². The minimum Gasteiger partial charge on any atom is -0.393 e. The number of nitrogens with zero attached hydrogens (tertiary/aromatic N) is 2. The second-order valence-corrected chi connectivity index (χ2v) is 6.34. The molecule has 1 aliphatic rings. The Kier molecular flexibility index (Phi) is 3.64. The first-order valence-corrected chi connectivity index (χ1v) is 7.14. The van der Waals surface area contributed by atoms with Gasteiger partial charge in [0.2, 0.25) is 0 Å². The zero-order valence-corrected chi connectivity index (χ0v) is 12.4. The minimum atomic E-state index is -0.113. The highest BCUT2D eigenvalue weighted by Crippen LogP contribution is 2.42. The predicted octanol–water partition coefficient (Wildman–Crippen LogP) is 3.07. The molecule has 2 rings (SSSR count). The maximum atomic E-state index is 9.71. The largest absolute Gasteiger partial charge is 0.393 e. The highest BCUT2D eigenvalue weighted by molar-refractivity contribution is 9.10. The average molecular weight is 301 g/mol. The van der Waals surface area contributed by atoms with Crippen molar-refractivity contribution in [3.8, 4) is 0 Å². The number of aryl methyl sites for hydroxylation is 2. The van der Waals surface area contributed by atoms with Gasteiger partial charge in [-0.2, -0.15) is 5.10 Å². The molecule has 0 spiro atoms. The molecule has 1 aromatic rings. The SMILES string of the molecule is CCn1nc(C)c(Br)c1CC1(C)CCC(O)C1. The van der Waals surface area contributed by atoms with Crippen LogP contribution in [0.1, 0.15) is 44.5 Å². The predicted molar refractivity (Wildman–Crippen MR) is 72.0 cm³/mol. The normalized spacial score (nSPS) is 28.9. The van der Waals surface area contributed by atoms with Crippen LogP contribution in [0.4, 0.5) is 0 Å². The molecule has 0 saturated heterocycles. The van der Waals surface area contributed by atoms with E-state index in [4.69, 9.17) is 0 Å². The second kappa shape index (κ2) is 4.73. The number of aromatic nitrogens is 2. The second-order valence-electron chi connectivity index (χ2n) is 5.55. The molecule has 2 atom stereocenters. The van der Waals surface area contributed by atoms with Crippen molar-refractivity contribution >= 4 is 15.9 Å². The lowest BCUT2D eigenvalue weighted by Crippen LogP contribution is -2.19. The van der Waals surface area contributed by atoms with E-state index in [-0.39, 0.29) is 11.5 Å². The van der Waals surface area contributed by atoms with E-state index in [1.54, 1.807) is 0 Å². The Bertz CT molecular complexity index is 416. The van der Waals surface area contributed by atoms with Crippen LogP contribution in [0.25, 0.3) is 0 Å². The van der Waals surface area contributed by atoms with E-state index < -0.39 is 0 Å². The van der Waals surface area contributed by atoms with Gasteiger partial charge in [0.15, 0.2) is 0 Å². The van der Waals surface area contributed by atoms with Crippen LogP contribution in [-0.4, -0.2) is 21.0 Å². The molecule has 2 unspecified atom stereocenters. The van der Waals surface area contributed by atoms with Gasteiger partial charge in [0.05, 0.1) is 22.0 Å². The van der Waals surface area contributed by atoms with Crippen molar-refractivity contribution in [1.29, 1.82) is 0 Å². The van der Waals surface area contributed by atoms with E-state index in [1.807, 2.05) is 6.92 Å². The summed E-state index contributed by atoms with van der Waals surface area (Å²) in [7, 11) is 0. The standard InChI is InChI=1S/C13H21BrN2O/c1-4-16-11(12(14)9(2)15-16)8-13(3)6-5-10(17)7-13/h10,17H,4-8H2,1-3H3. The Hall–Kier alpha value is -0.350. The minimum absolute atomic E-state index is 0.113. The maximum Gasteiger partial charge on any atom is 0.0738 e. The van der Waals surface area contributed by atoms with E-state index in [0.717, 1.165) is 42.4 Å². The van der Waals surface area contributed by atoms with Crippen molar-refractivity contribution in [2.45, 2.75) is 59.1 Å². The van der Waals surface area contributed by atoms with Crippen LogP contribution in [0.2, 0.25) is 0 Å². The first-order valence-electron chi connectivity index (χ1n) is 6.35. The summed E-state index contributed by atoms with van der Waals surface area (Å²) in [5, 5.41) is 14.2. The summed E-state index contributed by atoms with van der Waals surface area (Å²) < 4.78 is 3.22. The number of hydrogen-bond acceptors (Lipinski definition) is 2. The monoisotopic (exact) mass is 300 g/mol. The Morgan fingerprint density at radius 1 is 1.59 bits per heavy atom. The van der Waals surface area contributed by atoms with Gasteiger partial charge in [-0.1, -0.05) is 6.92 Å². The fourth-order valence-corrected chi connectivity index (χ4v) is 3.31. The van der Waals surface area contributed by atoms with Gasteiger partial charge in [-0.15, -0.1) is 0 Å². The van der Waals surface area contributed by atoms with Crippen LogP contribution >= 0.6 is 15.9 Å². The van der Waals surface area contributed by atoms with Crippen LogP contribution in [0, 0.1) is 12.3 Å². The van der Waals surface area contributed by atoms with E-state index >= 15 is 0 Å². The number of aliphatic hydroxyl groups excluding tert-OH is 1. The Morgan fingerprint density at radius 3 is 2.82 bits per heavy atom. The fraction of sp³-hybridized carbons (Fsp3) is 0.769. The van der Waals surface area contributed by atoms with Gasteiger partial charge in [0.1, 0.15) is 0 Å². The van der Waals surface area contributed by atoms with Gasteiger partial charge < -0.3 is 5.11 Å². The molecule has 0 aromatic carbocycles. The van der Waals surface area contributed by atoms with Crippen LogP contribution in [0.3, 0.4) is 0 Å². The summed E-state index contributed by atoms with van der Waals surface area (Å²) in [6.45, 7) is 7.33. The van der Waals surface area contributed by atoms with Crippen LogP contribution < -0.4 is 0 Å². The van der Waals surface area contributed by atoms with Gasteiger partial charge in [-0.05, 0) is 60.9 Å². The molecule has 1 fully saturated rings. The van der Waals surface area contributed by atoms with Gasteiger partial charge in [-0.25, -0.2) is 0 Å². The van der Waals surface area contributed by atoms with Gasteiger partial charge >= 0.3 is 0 Å². The van der Waals surface area contributed by atoms with E-state index in [9.17, 15) is 5.11 Å². The zero-order chi connectivity index (χ0) is 12.6. The number of rotatable bonds is 3. The zero-order valence-electron chi connectivity index (χ0n) is 10.8. The molecule has 1 aromatic heterocycles. The van der Waals surface area contributed by atoms with Crippen molar-refractivity contribution in [3.63, 3.8) is 0 Å². The molecular weight excluding hydrogens is 280 g/mol. The summed E-state index contributed by atoms with van der Waals surface area (Å²) in [5.74, 6) is 0. The molecule has 0 amide bonds. The number of aliphatic hydroxyl groups is 1. The smallest absolute Gasteiger partial charge is 0.0738 e. The van der Waals surface area contributed by atoms with E-state index in [2.05, 4.69) is 39.6 Å². The molecule has 0 radical (unpaired) electrons. The number of halogens is 1. The Morgan fingerprint density at radius 2 is 2.29 bits per heavy atom. The lowest BCUT2D eigenvalue weighted by atomic mass is 9.83. The van der Waals surface area contributed by atoms with E-state index in [0.29, 0.717) is 0 Å². The van der Waals surface area contributed by atoms with Crippen LogP contribution in [0.5, 0.6) is 0 Å². The summed E-state index contributed by atoms with van der Waals surface area (Å²) >= 11 is 3.64. The molecule has 1 saturated carbocycles. The molecule has 1 aliphatic carbocycles. The van der Waals surface area contributed by atoms with Gasteiger partial charge in [0.25, 0.3) is 0 Å². The van der Waals surface area contributed by atoms with Crippen molar-refractivity contribution in [2.75, 3.05) is 0 Å². The average Bonchev–Trinajstić information content (AvgIpc) is 2.74. The molecule has 0 aliphatic heterocycles. The third kappa shape index (κ3) is 2.58. The van der Waals surface area contributed by atoms with Crippen molar-refractivity contribution in [1.82, 2.24) is 9.78 Å². The Balaban J connectivity index is 2.23. The summed E-state index contributed by atoms with van der Waals surface area (Å²) in [6, 6.07) is 0. The Labute approximate surface area is 111 Å². The lowest BCUT2D eigenvalue weighted by Gasteiger charge is -2.24. The van der Waals surface area contributed by atoms with E-state index in [1.165, 1.54) is 5.69 Å². The summed E-state index contributed by atoms with van der Waals surface area (Å²) in [4.78, 5) is 0. The molecule has 3 nitrogen and oxygen atoms in total. The molecule has 1 heterocycles. The highest BCUT2D eigenvalue weighted by Gasteiger charge is 2.35. The van der Waals surface area contributed by atoms with Crippen molar-refractivity contribution in [3.05, 3.63) is 15.9 Å². The highest BCUT2D eigenvalue weighted by atomic mass is 79.9. The molecule has 96 valence electrons. The van der Waals surface area contributed by atoms with Crippen LogP contribution in [0.15, 0.2) is 4.47 Å².